The SMILES string of the molecule is CCOC(=O)CCCCCOc1cnn(C(C)C)c1. The zero-order valence-electron chi connectivity index (χ0n) is 12.1. The van der Waals surface area contributed by atoms with E-state index in [-0.39, 0.29) is 5.97 Å². The lowest BCUT2D eigenvalue weighted by molar-refractivity contribution is -0.143. The van der Waals surface area contributed by atoms with Gasteiger partial charge in [-0.1, -0.05) is 0 Å². The predicted molar refractivity (Wildman–Crippen MR) is 73.2 cm³/mol. The van der Waals surface area contributed by atoms with Crippen LogP contribution in [0, 0.1) is 0 Å². The summed E-state index contributed by atoms with van der Waals surface area (Å²) in [6, 6.07) is 0.349. The number of nitrogens with zero attached hydrogens (tertiary/aromatic N) is 2. The van der Waals surface area contributed by atoms with Crippen molar-refractivity contribution in [3.05, 3.63) is 12.4 Å². The first-order valence-electron chi connectivity index (χ1n) is 6.96. The van der Waals surface area contributed by atoms with E-state index in [1.807, 2.05) is 17.8 Å². The van der Waals surface area contributed by atoms with Gasteiger partial charge in [0.2, 0.25) is 0 Å². The summed E-state index contributed by atoms with van der Waals surface area (Å²) < 4.78 is 12.3. The maximum absolute atomic E-state index is 11.1. The molecule has 1 aromatic rings. The lowest BCUT2D eigenvalue weighted by atomic mass is 10.2. The summed E-state index contributed by atoms with van der Waals surface area (Å²) in [4.78, 5) is 11.1. The first-order valence-corrected chi connectivity index (χ1v) is 6.96. The molecule has 0 aliphatic heterocycles. The average Bonchev–Trinajstić information content (AvgIpc) is 2.83. The van der Waals surface area contributed by atoms with E-state index in [0.29, 0.717) is 25.7 Å². The fraction of sp³-hybridized carbons (Fsp3) is 0.714. The fourth-order valence-electron chi connectivity index (χ4n) is 1.65. The van der Waals surface area contributed by atoms with Crippen molar-refractivity contribution in [1.29, 1.82) is 0 Å². The number of carbonyl (C=O) groups is 1. The van der Waals surface area contributed by atoms with Crippen LogP contribution in [0.5, 0.6) is 5.75 Å². The zero-order valence-corrected chi connectivity index (χ0v) is 12.1. The fourth-order valence-corrected chi connectivity index (χ4v) is 1.65. The second kappa shape index (κ2) is 8.56. The molecule has 0 aliphatic rings. The second-order valence-electron chi connectivity index (χ2n) is 4.71. The number of carbonyl (C=O) groups excluding carboxylic acids is 1. The maximum atomic E-state index is 11.1. The molecule has 0 N–H and O–H groups in total. The van der Waals surface area contributed by atoms with Gasteiger partial charge in [0.25, 0.3) is 0 Å². The molecule has 5 nitrogen and oxygen atoms in total. The molecule has 0 amide bonds. The number of unbranched alkanes of at least 4 members (excludes halogenated alkanes) is 2. The van der Waals surface area contributed by atoms with Gasteiger partial charge in [-0.2, -0.15) is 5.10 Å². The highest BCUT2D eigenvalue weighted by Gasteiger charge is 2.03. The van der Waals surface area contributed by atoms with Gasteiger partial charge in [-0.3, -0.25) is 9.48 Å². The smallest absolute Gasteiger partial charge is 0.305 e. The summed E-state index contributed by atoms with van der Waals surface area (Å²) in [5.74, 6) is 0.695. The Labute approximate surface area is 114 Å². The van der Waals surface area contributed by atoms with Gasteiger partial charge < -0.3 is 9.47 Å². The molecule has 5 heteroatoms. The van der Waals surface area contributed by atoms with Crippen LogP contribution in [-0.2, 0) is 9.53 Å². The Kier molecular flexibility index (Phi) is 7.00. The van der Waals surface area contributed by atoms with E-state index in [0.717, 1.165) is 25.0 Å². The molecule has 0 spiro atoms. The van der Waals surface area contributed by atoms with E-state index in [4.69, 9.17) is 9.47 Å². The maximum Gasteiger partial charge on any atom is 0.305 e. The molecule has 0 saturated carbocycles. The van der Waals surface area contributed by atoms with Crippen LogP contribution >= 0.6 is 0 Å². The summed E-state index contributed by atoms with van der Waals surface area (Å²) in [5.41, 5.74) is 0. The van der Waals surface area contributed by atoms with E-state index in [1.165, 1.54) is 0 Å². The lowest BCUT2D eigenvalue weighted by Gasteiger charge is -2.05. The van der Waals surface area contributed by atoms with E-state index >= 15 is 0 Å². The minimum atomic E-state index is -0.110. The average molecular weight is 268 g/mol. The Balaban J connectivity index is 2.05. The van der Waals surface area contributed by atoms with Crippen molar-refractivity contribution in [2.75, 3.05) is 13.2 Å². The molecular formula is C14H24N2O3. The number of aromatic nitrogens is 2. The largest absolute Gasteiger partial charge is 0.490 e. The molecule has 0 aromatic carbocycles. The molecule has 1 heterocycles. The highest BCUT2D eigenvalue weighted by molar-refractivity contribution is 5.69. The summed E-state index contributed by atoms with van der Waals surface area (Å²) in [6.07, 6.45) is 6.90. The van der Waals surface area contributed by atoms with Crippen molar-refractivity contribution >= 4 is 5.97 Å². The van der Waals surface area contributed by atoms with Gasteiger partial charge in [0, 0.05) is 12.5 Å². The molecule has 19 heavy (non-hydrogen) atoms. The minimum absolute atomic E-state index is 0.110. The third-order valence-electron chi connectivity index (χ3n) is 2.71. The van der Waals surface area contributed by atoms with Crippen molar-refractivity contribution in [2.24, 2.45) is 0 Å². The van der Waals surface area contributed by atoms with Crippen LogP contribution in [0.15, 0.2) is 12.4 Å². The quantitative estimate of drug-likeness (QED) is 0.510. The zero-order chi connectivity index (χ0) is 14.1. The Morgan fingerprint density at radius 2 is 2.16 bits per heavy atom. The highest BCUT2D eigenvalue weighted by Crippen LogP contribution is 2.13. The van der Waals surface area contributed by atoms with Crippen molar-refractivity contribution in [1.82, 2.24) is 9.78 Å². The highest BCUT2D eigenvalue weighted by atomic mass is 16.5. The van der Waals surface area contributed by atoms with Gasteiger partial charge in [-0.15, -0.1) is 0 Å². The van der Waals surface area contributed by atoms with E-state index < -0.39 is 0 Å². The molecule has 0 unspecified atom stereocenters. The number of rotatable bonds is 9. The Bertz CT molecular complexity index is 375. The third-order valence-corrected chi connectivity index (χ3v) is 2.71. The van der Waals surface area contributed by atoms with Gasteiger partial charge in [0.15, 0.2) is 5.75 Å². The van der Waals surface area contributed by atoms with Crippen molar-refractivity contribution < 1.29 is 14.3 Å². The summed E-state index contributed by atoms with van der Waals surface area (Å²) >= 11 is 0. The molecule has 108 valence electrons. The van der Waals surface area contributed by atoms with Crippen LogP contribution in [0.4, 0.5) is 0 Å². The molecule has 0 fully saturated rings. The molecule has 0 radical (unpaired) electrons. The van der Waals surface area contributed by atoms with Crippen LogP contribution < -0.4 is 4.74 Å². The summed E-state index contributed by atoms with van der Waals surface area (Å²) in [6.45, 7) is 7.09. The molecule has 0 atom stereocenters. The Morgan fingerprint density at radius 3 is 2.79 bits per heavy atom. The van der Waals surface area contributed by atoms with Gasteiger partial charge in [0.1, 0.15) is 0 Å². The number of hydrogen-bond acceptors (Lipinski definition) is 4. The summed E-state index contributed by atoms with van der Waals surface area (Å²) in [7, 11) is 0. The first kappa shape index (κ1) is 15.5. The van der Waals surface area contributed by atoms with Crippen LogP contribution in [0.25, 0.3) is 0 Å². The normalized spacial score (nSPS) is 10.7. The first-order chi connectivity index (χ1) is 9.13. The van der Waals surface area contributed by atoms with Crippen molar-refractivity contribution in [3.63, 3.8) is 0 Å². The van der Waals surface area contributed by atoms with Gasteiger partial charge in [-0.25, -0.2) is 0 Å². The van der Waals surface area contributed by atoms with Gasteiger partial charge in [0.05, 0.1) is 25.6 Å². The monoisotopic (exact) mass is 268 g/mol. The van der Waals surface area contributed by atoms with E-state index in [9.17, 15) is 4.79 Å². The molecule has 1 aromatic heterocycles. The molecule has 1 rings (SSSR count). The van der Waals surface area contributed by atoms with Crippen LogP contribution in [0.3, 0.4) is 0 Å². The van der Waals surface area contributed by atoms with Crippen LogP contribution in [0.2, 0.25) is 0 Å². The number of esters is 1. The predicted octanol–water partition coefficient (Wildman–Crippen LogP) is 2.97. The van der Waals surface area contributed by atoms with Gasteiger partial charge in [-0.05, 0) is 40.0 Å². The van der Waals surface area contributed by atoms with E-state index in [2.05, 4.69) is 18.9 Å². The Hall–Kier alpha value is -1.52. The van der Waals surface area contributed by atoms with Crippen molar-refractivity contribution in [2.45, 2.75) is 52.5 Å². The summed E-state index contributed by atoms with van der Waals surface area (Å²) in [5, 5.41) is 4.20. The molecular weight excluding hydrogens is 244 g/mol. The lowest BCUT2D eigenvalue weighted by Crippen LogP contribution is -2.04. The molecule has 0 bridgehead atoms. The van der Waals surface area contributed by atoms with Crippen molar-refractivity contribution in [3.8, 4) is 5.75 Å². The number of hydrogen-bond donors (Lipinski definition) is 0. The Morgan fingerprint density at radius 1 is 1.37 bits per heavy atom. The van der Waals surface area contributed by atoms with Gasteiger partial charge >= 0.3 is 5.97 Å². The molecule has 0 aliphatic carbocycles. The standard InChI is InChI=1S/C14H24N2O3/c1-4-18-14(17)8-6-5-7-9-19-13-10-15-16(11-13)12(2)3/h10-12H,4-9H2,1-3H3. The van der Waals surface area contributed by atoms with Crippen LogP contribution in [-0.4, -0.2) is 29.0 Å². The number of ether oxygens (including phenoxy) is 2. The molecule has 0 saturated heterocycles. The third kappa shape index (κ3) is 6.27. The van der Waals surface area contributed by atoms with Crippen LogP contribution in [0.1, 0.15) is 52.5 Å². The topological polar surface area (TPSA) is 53.4 Å². The van der Waals surface area contributed by atoms with E-state index in [1.54, 1.807) is 6.20 Å². The minimum Gasteiger partial charge on any atom is -0.490 e. The second-order valence-corrected chi connectivity index (χ2v) is 4.71.